The molecule has 1 rings (SSSR count). The predicted octanol–water partition coefficient (Wildman–Crippen LogP) is 4.89. The fraction of sp³-hybridized carbons (Fsp3) is 1.00. The van der Waals surface area contributed by atoms with Crippen LogP contribution in [-0.4, -0.2) is 0 Å². The molecule has 1 aliphatic rings. The number of rotatable bonds is 3. The summed E-state index contributed by atoms with van der Waals surface area (Å²) in [6.45, 7) is 14.6. The minimum Gasteiger partial charge on any atom is -0.0654 e. The van der Waals surface area contributed by atoms with E-state index in [1.807, 2.05) is 0 Å². The maximum absolute atomic E-state index is 2.47. The van der Waals surface area contributed by atoms with Gasteiger partial charge < -0.3 is 0 Å². The van der Waals surface area contributed by atoms with Crippen molar-refractivity contribution in [2.45, 2.75) is 67.2 Å². The molecule has 0 aromatic heterocycles. The molecule has 0 nitrogen and oxygen atoms in total. The van der Waals surface area contributed by atoms with E-state index in [1.165, 1.54) is 25.7 Å². The molecule has 2 atom stereocenters. The molecular formula is C14H28. The predicted molar refractivity (Wildman–Crippen MR) is 64.4 cm³/mol. The molecule has 0 bridgehead atoms. The lowest BCUT2D eigenvalue weighted by Crippen LogP contribution is -2.26. The molecule has 0 aromatic rings. The lowest BCUT2D eigenvalue weighted by molar-refractivity contribution is 0.151. The molecule has 0 heteroatoms. The monoisotopic (exact) mass is 196 g/mol. The van der Waals surface area contributed by atoms with Crippen LogP contribution in [0.5, 0.6) is 0 Å². The van der Waals surface area contributed by atoms with Crippen molar-refractivity contribution in [3.63, 3.8) is 0 Å². The Balaban J connectivity index is 2.69. The Kier molecular flexibility index (Phi) is 3.33. The first-order valence-corrected chi connectivity index (χ1v) is 6.28. The van der Waals surface area contributed by atoms with Crippen LogP contribution in [0.3, 0.4) is 0 Å². The van der Waals surface area contributed by atoms with Crippen molar-refractivity contribution in [1.29, 1.82) is 0 Å². The Morgan fingerprint density at radius 1 is 1.21 bits per heavy atom. The van der Waals surface area contributed by atoms with Gasteiger partial charge in [-0.2, -0.15) is 0 Å². The molecule has 0 aliphatic heterocycles. The molecule has 1 fully saturated rings. The molecular weight excluding hydrogens is 168 g/mol. The van der Waals surface area contributed by atoms with Crippen molar-refractivity contribution in [3.05, 3.63) is 0 Å². The highest BCUT2D eigenvalue weighted by Gasteiger charge is 2.43. The van der Waals surface area contributed by atoms with Crippen molar-refractivity contribution < 1.29 is 0 Å². The Hall–Kier alpha value is 0. The third-order valence-electron chi connectivity index (χ3n) is 4.23. The van der Waals surface area contributed by atoms with E-state index in [9.17, 15) is 0 Å². The minimum absolute atomic E-state index is 0.557. The molecule has 0 saturated heterocycles. The molecule has 0 spiro atoms. The van der Waals surface area contributed by atoms with Gasteiger partial charge in [-0.3, -0.25) is 0 Å². The Bertz CT molecular complexity index is 188. The Morgan fingerprint density at radius 2 is 1.79 bits per heavy atom. The zero-order valence-electron chi connectivity index (χ0n) is 11.0. The summed E-state index contributed by atoms with van der Waals surface area (Å²) in [6, 6.07) is 0. The van der Waals surface area contributed by atoms with Gasteiger partial charge in [0, 0.05) is 0 Å². The van der Waals surface area contributed by atoms with Crippen molar-refractivity contribution in [3.8, 4) is 0 Å². The first-order valence-electron chi connectivity index (χ1n) is 6.28. The van der Waals surface area contributed by atoms with Crippen LogP contribution in [0, 0.1) is 22.7 Å². The van der Waals surface area contributed by atoms with E-state index >= 15 is 0 Å². The van der Waals surface area contributed by atoms with Gasteiger partial charge in [-0.1, -0.05) is 48.0 Å². The van der Waals surface area contributed by atoms with Gasteiger partial charge in [0.1, 0.15) is 0 Å². The first-order chi connectivity index (χ1) is 6.28. The molecule has 84 valence electrons. The van der Waals surface area contributed by atoms with Crippen LogP contribution < -0.4 is 0 Å². The van der Waals surface area contributed by atoms with Gasteiger partial charge in [0.25, 0.3) is 0 Å². The quantitative estimate of drug-likeness (QED) is 0.603. The Morgan fingerprint density at radius 3 is 2.14 bits per heavy atom. The molecule has 0 radical (unpaired) electrons. The normalized spacial score (nSPS) is 32.1. The van der Waals surface area contributed by atoms with E-state index in [2.05, 4.69) is 41.5 Å². The van der Waals surface area contributed by atoms with Crippen LogP contribution in [0.25, 0.3) is 0 Å². The van der Waals surface area contributed by atoms with Crippen LogP contribution in [0.2, 0.25) is 0 Å². The second-order valence-electron chi connectivity index (χ2n) is 6.89. The molecule has 1 saturated carbocycles. The van der Waals surface area contributed by atoms with E-state index in [1.54, 1.807) is 0 Å². The maximum atomic E-state index is 2.47. The zero-order valence-corrected chi connectivity index (χ0v) is 11.0. The summed E-state index contributed by atoms with van der Waals surface area (Å²) in [5, 5.41) is 0. The summed E-state index contributed by atoms with van der Waals surface area (Å²) in [5.74, 6) is 1.86. The number of hydrogen-bond acceptors (Lipinski definition) is 0. The molecule has 0 heterocycles. The molecule has 0 amide bonds. The third-order valence-corrected chi connectivity index (χ3v) is 4.23. The van der Waals surface area contributed by atoms with Gasteiger partial charge in [0.05, 0.1) is 0 Å². The lowest BCUT2D eigenvalue weighted by atomic mass is 9.70. The Labute approximate surface area is 90.5 Å². The van der Waals surface area contributed by atoms with Gasteiger partial charge in [-0.05, 0) is 41.9 Å². The lowest BCUT2D eigenvalue weighted by Gasteiger charge is -2.35. The standard InChI is InChI=1S/C14H28/c1-7-8-14(5,6)12-10-13(3,4)9-11(12)2/h11-12H,7-10H2,1-6H3. The molecule has 1 aliphatic carbocycles. The first kappa shape index (κ1) is 12.1. The zero-order chi connectivity index (χ0) is 11.0. The van der Waals surface area contributed by atoms with Gasteiger partial charge in [-0.15, -0.1) is 0 Å². The van der Waals surface area contributed by atoms with Crippen molar-refractivity contribution >= 4 is 0 Å². The average Bonchev–Trinajstić information content (AvgIpc) is 2.25. The highest BCUT2D eigenvalue weighted by Crippen LogP contribution is 2.53. The fourth-order valence-corrected chi connectivity index (χ4v) is 3.77. The smallest absolute Gasteiger partial charge is 0.0323 e. The van der Waals surface area contributed by atoms with Crippen molar-refractivity contribution in [1.82, 2.24) is 0 Å². The van der Waals surface area contributed by atoms with E-state index in [0.29, 0.717) is 10.8 Å². The highest BCUT2D eigenvalue weighted by atomic mass is 14.5. The summed E-state index contributed by atoms with van der Waals surface area (Å²) in [4.78, 5) is 0. The minimum atomic E-state index is 0.557. The van der Waals surface area contributed by atoms with Gasteiger partial charge >= 0.3 is 0 Å². The molecule has 2 unspecified atom stereocenters. The maximum Gasteiger partial charge on any atom is -0.0323 e. The summed E-state index contributed by atoms with van der Waals surface area (Å²) < 4.78 is 0. The summed E-state index contributed by atoms with van der Waals surface area (Å²) >= 11 is 0. The fourth-order valence-electron chi connectivity index (χ4n) is 3.77. The van der Waals surface area contributed by atoms with Crippen LogP contribution in [0.1, 0.15) is 67.2 Å². The van der Waals surface area contributed by atoms with Crippen LogP contribution in [-0.2, 0) is 0 Å². The van der Waals surface area contributed by atoms with Crippen LogP contribution in [0.15, 0.2) is 0 Å². The average molecular weight is 196 g/mol. The molecule has 14 heavy (non-hydrogen) atoms. The third kappa shape index (κ3) is 2.52. The summed E-state index contributed by atoms with van der Waals surface area (Å²) in [6.07, 6.45) is 5.57. The summed E-state index contributed by atoms with van der Waals surface area (Å²) in [5.41, 5.74) is 1.15. The topological polar surface area (TPSA) is 0 Å². The second kappa shape index (κ2) is 3.87. The van der Waals surface area contributed by atoms with E-state index < -0.39 is 0 Å². The largest absolute Gasteiger partial charge is 0.0654 e. The van der Waals surface area contributed by atoms with Crippen LogP contribution in [0.4, 0.5) is 0 Å². The van der Waals surface area contributed by atoms with Gasteiger partial charge in [0.15, 0.2) is 0 Å². The number of hydrogen-bond donors (Lipinski definition) is 0. The summed E-state index contributed by atoms with van der Waals surface area (Å²) in [7, 11) is 0. The molecule has 0 N–H and O–H groups in total. The van der Waals surface area contributed by atoms with Gasteiger partial charge in [-0.25, -0.2) is 0 Å². The van der Waals surface area contributed by atoms with Crippen molar-refractivity contribution in [2.24, 2.45) is 22.7 Å². The highest BCUT2D eigenvalue weighted by molar-refractivity contribution is 4.93. The van der Waals surface area contributed by atoms with E-state index in [0.717, 1.165) is 11.8 Å². The van der Waals surface area contributed by atoms with E-state index in [4.69, 9.17) is 0 Å². The van der Waals surface area contributed by atoms with Gasteiger partial charge in [0.2, 0.25) is 0 Å². The SMILES string of the molecule is CCCC(C)(C)C1CC(C)(C)CC1C. The van der Waals surface area contributed by atoms with Crippen LogP contribution >= 0.6 is 0 Å². The van der Waals surface area contributed by atoms with E-state index in [-0.39, 0.29) is 0 Å². The van der Waals surface area contributed by atoms with Crippen molar-refractivity contribution in [2.75, 3.05) is 0 Å². The second-order valence-corrected chi connectivity index (χ2v) is 6.89. The molecule has 0 aromatic carbocycles.